The molecule has 0 spiro atoms. The van der Waals surface area contributed by atoms with Gasteiger partial charge in [-0.15, -0.1) is 0 Å². The average molecular weight is 242 g/mol. The summed E-state index contributed by atoms with van der Waals surface area (Å²) in [4.78, 5) is 0. The Morgan fingerprint density at radius 1 is 1.56 bits per heavy atom. The molecule has 2 rings (SSSR count). The maximum atomic E-state index is 9.12. The molecule has 3 nitrogen and oxygen atoms in total. The van der Waals surface area contributed by atoms with Crippen molar-refractivity contribution in [3.63, 3.8) is 0 Å². The zero-order valence-corrected chi connectivity index (χ0v) is 10.2. The van der Waals surface area contributed by atoms with Crippen LogP contribution < -0.4 is 10.5 Å². The van der Waals surface area contributed by atoms with Crippen molar-refractivity contribution in [2.75, 3.05) is 6.61 Å². The number of fused-ring (bicyclic) bond motifs is 1. The van der Waals surface area contributed by atoms with Gasteiger partial charge in [0.05, 0.1) is 12.6 Å². The van der Waals surface area contributed by atoms with Crippen LogP contribution in [-0.2, 0) is 6.42 Å². The molecule has 0 aliphatic carbocycles. The molecule has 1 atom stereocenters. The van der Waals surface area contributed by atoms with Crippen LogP contribution in [0.3, 0.4) is 0 Å². The molecule has 0 bridgehead atoms. The van der Waals surface area contributed by atoms with Crippen molar-refractivity contribution >= 4 is 11.6 Å². The molecule has 3 N–H and O–H groups in total. The van der Waals surface area contributed by atoms with E-state index in [-0.39, 0.29) is 12.2 Å². The van der Waals surface area contributed by atoms with Gasteiger partial charge in [0.1, 0.15) is 11.4 Å². The van der Waals surface area contributed by atoms with Gasteiger partial charge in [-0.05, 0) is 31.5 Å². The van der Waals surface area contributed by atoms with Crippen molar-refractivity contribution in [2.24, 2.45) is 5.73 Å². The Balaban J connectivity index is 2.49. The molecule has 0 fully saturated rings. The van der Waals surface area contributed by atoms with Gasteiger partial charge in [0.15, 0.2) is 0 Å². The van der Waals surface area contributed by atoms with Gasteiger partial charge in [0.25, 0.3) is 0 Å². The van der Waals surface area contributed by atoms with E-state index in [2.05, 4.69) is 0 Å². The highest BCUT2D eigenvalue weighted by molar-refractivity contribution is 6.30. The van der Waals surface area contributed by atoms with Crippen LogP contribution in [0.15, 0.2) is 12.1 Å². The number of rotatable bonds is 2. The van der Waals surface area contributed by atoms with Crippen molar-refractivity contribution < 1.29 is 9.84 Å². The molecular weight excluding hydrogens is 226 g/mol. The molecule has 0 saturated carbocycles. The predicted octanol–water partition coefficient (Wildman–Crippen LogP) is 2.05. The average Bonchev–Trinajstić information content (AvgIpc) is 2.49. The van der Waals surface area contributed by atoms with Crippen molar-refractivity contribution in [1.29, 1.82) is 0 Å². The van der Waals surface area contributed by atoms with Gasteiger partial charge >= 0.3 is 0 Å². The SMILES string of the molecule is CC1(C)Cc2cc(Cl)cc(C(N)CO)c2O1. The molecule has 16 heavy (non-hydrogen) atoms. The van der Waals surface area contributed by atoms with E-state index in [1.54, 1.807) is 6.07 Å². The Kier molecular flexibility index (Phi) is 2.86. The molecule has 88 valence electrons. The third kappa shape index (κ3) is 2.03. The van der Waals surface area contributed by atoms with Crippen molar-refractivity contribution in [3.8, 4) is 5.75 Å². The van der Waals surface area contributed by atoms with Crippen LogP contribution in [0.4, 0.5) is 0 Å². The van der Waals surface area contributed by atoms with Gasteiger partial charge in [-0.3, -0.25) is 0 Å². The minimum Gasteiger partial charge on any atom is -0.487 e. The quantitative estimate of drug-likeness (QED) is 0.833. The molecular formula is C12H16ClNO2. The van der Waals surface area contributed by atoms with E-state index in [9.17, 15) is 0 Å². The topological polar surface area (TPSA) is 55.5 Å². The molecule has 4 heteroatoms. The van der Waals surface area contributed by atoms with Crippen molar-refractivity contribution in [1.82, 2.24) is 0 Å². The van der Waals surface area contributed by atoms with Crippen LogP contribution in [0.2, 0.25) is 5.02 Å². The summed E-state index contributed by atoms with van der Waals surface area (Å²) in [6.07, 6.45) is 0.814. The highest BCUT2D eigenvalue weighted by atomic mass is 35.5. The summed E-state index contributed by atoms with van der Waals surface area (Å²) in [5.74, 6) is 0.788. The third-order valence-corrected chi connectivity index (χ3v) is 2.97. The van der Waals surface area contributed by atoms with Gasteiger partial charge in [-0.1, -0.05) is 11.6 Å². The number of ether oxygens (including phenoxy) is 1. The maximum Gasteiger partial charge on any atom is 0.128 e. The number of aliphatic hydroxyl groups is 1. The van der Waals surface area contributed by atoms with Crippen LogP contribution in [0, 0.1) is 0 Å². The van der Waals surface area contributed by atoms with Crippen LogP contribution >= 0.6 is 11.6 Å². The molecule has 0 saturated heterocycles. The number of benzene rings is 1. The molecule has 1 aromatic rings. The zero-order chi connectivity index (χ0) is 11.9. The first-order valence-corrected chi connectivity index (χ1v) is 5.68. The smallest absolute Gasteiger partial charge is 0.128 e. The summed E-state index contributed by atoms with van der Waals surface area (Å²) < 4.78 is 5.85. The standard InChI is InChI=1S/C12H16ClNO2/c1-12(2)5-7-3-8(13)4-9(10(14)6-15)11(7)16-12/h3-4,10,15H,5-6,14H2,1-2H3. The highest BCUT2D eigenvalue weighted by Crippen LogP contribution is 2.41. The molecule has 0 amide bonds. The summed E-state index contributed by atoms with van der Waals surface area (Å²) in [5, 5.41) is 9.75. The van der Waals surface area contributed by atoms with Gasteiger partial charge < -0.3 is 15.6 Å². The normalized spacial score (nSPS) is 19.1. The summed E-state index contributed by atoms with van der Waals surface area (Å²) in [6, 6.07) is 3.23. The first kappa shape index (κ1) is 11.7. The molecule has 1 aromatic carbocycles. The van der Waals surface area contributed by atoms with Gasteiger partial charge in [0.2, 0.25) is 0 Å². The molecule has 0 aromatic heterocycles. The predicted molar refractivity (Wildman–Crippen MR) is 63.9 cm³/mol. The largest absolute Gasteiger partial charge is 0.487 e. The Labute approximate surface area is 100 Å². The van der Waals surface area contributed by atoms with Gasteiger partial charge in [-0.25, -0.2) is 0 Å². The number of aliphatic hydroxyl groups excluding tert-OH is 1. The lowest BCUT2D eigenvalue weighted by Gasteiger charge is -2.19. The fourth-order valence-electron chi connectivity index (χ4n) is 2.07. The Bertz CT molecular complexity index is 418. The summed E-state index contributed by atoms with van der Waals surface area (Å²) in [5.41, 5.74) is 7.46. The number of halogens is 1. The first-order valence-electron chi connectivity index (χ1n) is 5.31. The molecule has 1 unspecified atom stereocenters. The van der Waals surface area contributed by atoms with Crippen LogP contribution in [-0.4, -0.2) is 17.3 Å². The monoisotopic (exact) mass is 241 g/mol. The maximum absolute atomic E-state index is 9.12. The second-order valence-corrected chi connectivity index (χ2v) is 5.25. The fraction of sp³-hybridized carbons (Fsp3) is 0.500. The molecule has 1 aliphatic heterocycles. The Hall–Kier alpha value is -0.770. The lowest BCUT2D eigenvalue weighted by atomic mass is 9.98. The van der Waals surface area contributed by atoms with Crippen molar-refractivity contribution in [2.45, 2.75) is 31.9 Å². The van der Waals surface area contributed by atoms with E-state index in [1.807, 2.05) is 19.9 Å². The van der Waals surface area contributed by atoms with E-state index >= 15 is 0 Å². The molecule has 1 aliphatic rings. The third-order valence-electron chi connectivity index (χ3n) is 2.75. The first-order chi connectivity index (χ1) is 7.43. The van der Waals surface area contributed by atoms with E-state index in [0.29, 0.717) is 5.02 Å². The van der Waals surface area contributed by atoms with Crippen LogP contribution in [0.5, 0.6) is 5.75 Å². The zero-order valence-electron chi connectivity index (χ0n) is 9.46. The summed E-state index contributed by atoms with van der Waals surface area (Å²) >= 11 is 6.03. The van der Waals surface area contributed by atoms with E-state index in [4.69, 9.17) is 27.2 Å². The Morgan fingerprint density at radius 2 is 2.25 bits per heavy atom. The summed E-state index contributed by atoms with van der Waals surface area (Å²) in [6.45, 7) is 3.93. The van der Waals surface area contributed by atoms with E-state index in [1.165, 1.54) is 0 Å². The lowest BCUT2D eigenvalue weighted by Crippen LogP contribution is -2.25. The van der Waals surface area contributed by atoms with Crippen LogP contribution in [0.25, 0.3) is 0 Å². The molecule has 0 radical (unpaired) electrons. The highest BCUT2D eigenvalue weighted by Gasteiger charge is 2.33. The number of hydrogen-bond donors (Lipinski definition) is 2. The fourth-order valence-corrected chi connectivity index (χ4v) is 2.32. The van der Waals surface area contributed by atoms with Gasteiger partial charge in [0, 0.05) is 17.0 Å². The van der Waals surface area contributed by atoms with Crippen molar-refractivity contribution in [3.05, 3.63) is 28.3 Å². The number of hydrogen-bond acceptors (Lipinski definition) is 3. The summed E-state index contributed by atoms with van der Waals surface area (Å²) in [7, 11) is 0. The minimum atomic E-state index is -0.443. The Morgan fingerprint density at radius 3 is 2.88 bits per heavy atom. The minimum absolute atomic E-state index is 0.115. The second kappa shape index (κ2) is 3.91. The molecule has 1 heterocycles. The van der Waals surface area contributed by atoms with E-state index in [0.717, 1.165) is 23.3 Å². The van der Waals surface area contributed by atoms with E-state index < -0.39 is 6.04 Å². The lowest BCUT2D eigenvalue weighted by molar-refractivity contribution is 0.135. The second-order valence-electron chi connectivity index (χ2n) is 4.81. The number of nitrogens with two attached hydrogens (primary N) is 1. The van der Waals surface area contributed by atoms with Gasteiger partial charge in [-0.2, -0.15) is 0 Å². The van der Waals surface area contributed by atoms with Crippen LogP contribution in [0.1, 0.15) is 31.0 Å².